The molecule has 0 aliphatic carbocycles. The quantitative estimate of drug-likeness (QED) is 0.407. The van der Waals surface area contributed by atoms with E-state index in [0.29, 0.717) is 23.1 Å². The maximum Gasteiger partial charge on any atom is 0.258 e. The number of hydrogen-bond donors (Lipinski definition) is 2. The van der Waals surface area contributed by atoms with Gasteiger partial charge in [-0.15, -0.1) is 0 Å². The van der Waals surface area contributed by atoms with E-state index in [1.807, 2.05) is 49.8 Å². The smallest absolute Gasteiger partial charge is 0.258 e. The van der Waals surface area contributed by atoms with Crippen LogP contribution in [0.2, 0.25) is 5.02 Å². The molecule has 0 bridgehead atoms. The number of aryl methyl sites for hydroxylation is 3. The van der Waals surface area contributed by atoms with E-state index in [1.165, 1.54) is 0 Å². The van der Waals surface area contributed by atoms with Crippen LogP contribution in [0.25, 0.3) is 0 Å². The zero-order valence-corrected chi connectivity index (χ0v) is 19.1. The topological polar surface area (TPSA) is 71.3 Å². The highest BCUT2D eigenvalue weighted by atomic mass is 35.5. The number of hydrogen-bond acceptors (Lipinski definition) is 3. The molecule has 0 radical (unpaired) electrons. The number of anilines is 1. The number of nitrogens with one attached hydrogen (secondary N) is 2. The van der Waals surface area contributed by atoms with Crippen LogP contribution in [0.4, 0.5) is 5.69 Å². The fraction of sp³-hybridized carbons (Fsp3) is 0.292. The third-order valence-corrected chi connectivity index (χ3v) is 5.32. The molecule has 3 rings (SSSR count). The summed E-state index contributed by atoms with van der Waals surface area (Å²) >= 11 is 6.04. The van der Waals surface area contributed by atoms with Crippen molar-refractivity contribution in [2.75, 3.05) is 5.32 Å². The lowest BCUT2D eigenvalue weighted by Crippen LogP contribution is -2.36. The second kappa shape index (κ2) is 10.3. The number of nitrogens with zero attached hydrogens (tertiary/aromatic N) is 3. The number of aliphatic imine (C=N–C) groups is 1. The van der Waals surface area contributed by atoms with Crippen LogP contribution in [0, 0.1) is 20.8 Å². The van der Waals surface area contributed by atoms with Crippen molar-refractivity contribution in [1.29, 1.82) is 0 Å². The lowest BCUT2D eigenvalue weighted by Gasteiger charge is -2.15. The van der Waals surface area contributed by atoms with Crippen molar-refractivity contribution in [2.45, 2.75) is 47.2 Å². The molecule has 2 N–H and O–H groups in total. The Morgan fingerprint density at radius 2 is 1.94 bits per heavy atom. The van der Waals surface area contributed by atoms with Gasteiger partial charge in [-0.1, -0.05) is 36.7 Å². The first kappa shape index (κ1) is 22.6. The zero-order chi connectivity index (χ0) is 22.4. The predicted octanol–water partition coefficient (Wildman–Crippen LogP) is 5.27. The Morgan fingerprint density at radius 3 is 2.68 bits per heavy atom. The predicted molar refractivity (Wildman–Crippen MR) is 127 cm³/mol. The van der Waals surface area contributed by atoms with Crippen molar-refractivity contribution in [3.05, 3.63) is 81.6 Å². The summed E-state index contributed by atoms with van der Waals surface area (Å²) in [5, 5.41) is 11.2. The SMILES string of the molecule is CCCn1cc(CN=C(NC(=O)c2cccc(Cl)c2)Nc2cccc(C)c2C)c(C)n1. The molecule has 0 saturated carbocycles. The highest BCUT2D eigenvalue weighted by molar-refractivity contribution is 6.31. The zero-order valence-electron chi connectivity index (χ0n) is 18.4. The lowest BCUT2D eigenvalue weighted by molar-refractivity contribution is 0.0977. The van der Waals surface area contributed by atoms with Crippen LogP contribution in [0.1, 0.15) is 46.1 Å². The monoisotopic (exact) mass is 437 g/mol. The van der Waals surface area contributed by atoms with Crippen LogP contribution in [0.15, 0.2) is 53.7 Å². The summed E-state index contributed by atoms with van der Waals surface area (Å²) in [5.41, 5.74) is 5.56. The Morgan fingerprint density at radius 1 is 1.16 bits per heavy atom. The van der Waals surface area contributed by atoms with Crippen molar-refractivity contribution in [3.8, 4) is 0 Å². The van der Waals surface area contributed by atoms with Crippen LogP contribution in [-0.4, -0.2) is 21.6 Å². The van der Waals surface area contributed by atoms with Gasteiger partial charge < -0.3 is 5.32 Å². The molecule has 2 aromatic carbocycles. The summed E-state index contributed by atoms with van der Waals surface area (Å²) in [6.45, 7) is 9.44. The molecule has 0 fully saturated rings. The average Bonchev–Trinajstić information content (AvgIpc) is 3.09. The van der Waals surface area contributed by atoms with E-state index >= 15 is 0 Å². The molecule has 3 aromatic rings. The summed E-state index contributed by atoms with van der Waals surface area (Å²) < 4.78 is 1.93. The Kier molecular flexibility index (Phi) is 7.47. The van der Waals surface area contributed by atoms with Crippen LogP contribution < -0.4 is 10.6 Å². The summed E-state index contributed by atoms with van der Waals surface area (Å²) in [7, 11) is 0. The van der Waals surface area contributed by atoms with E-state index in [1.54, 1.807) is 24.3 Å². The summed E-state index contributed by atoms with van der Waals surface area (Å²) in [6.07, 6.45) is 3.02. The standard InChI is InChI=1S/C24H28ClN5O/c1-5-12-30-15-20(18(4)29-30)14-26-24(27-22-11-6-8-16(2)17(22)3)28-23(31)19-9-7-10-21(25)13-19/h6-11,13,15H,5,12,14H2,1-4H3,(H2,26,27,28,31). The molecule has 162 valence electrons. The molecule has 0 aliphatic rings. The van der Waals surface area contributed by atoms with E-state index in [9.17, 15) is 4.79 Å². The largest absolute Gasteiger partial charge is 0.326 e. The molecule has 0 aliphatic heterocycles. The summed E-state index contributed by atoms with van der Waals surface area (Å²) in [4.78, 5) is 17.5. The van der Waals surface area contributed by atoms with E-state index in [2.05, 4.69) is 27.6 Å². The van der Waals surface area contributed by atoms with E-state index in [0.717, 1.165) is 41.0 Å². The van der Waals surface area contributed by atoms with Gasteiger partial charge in [0, 0.05) is 34.6 Å². The third kappa shape index (κ3) is 5.95. The number of amides is 1. The third-order valence-electron chi connectivity index (χ3n) is 5.08. The number of benzene rings is 2. The number of aromatic nitrogens is 2. The fourth-order valence-corrected chi connectivity index (χ4v) is 3.35. The molecule has 1 aromatic heterocycles. The van der Waals surface area contributed by atoms with Gasteiger partial charge in [0.05, 0.1) is 12.2 Å². The highest BCUT2D eigenvalue weighted by Crippen LogP contribution is 2.18. The fourth-order valence-electron chi connectivity index (χ4n) is 3.16. The Hall–Kier alpha value is -3.12. The molecular weight excluding hydrogens is 410 g/mol. The van der Waals surface area contributed by atoms with Gasteiger partial charge in [-0.3, -0.25) is 14.8 Å². The molecule has 0 spiro atoms. The second-order valence-corrected chi connectivity index (χ2v) is 7.94. The van der Waals surface area contributed by atoms with Gasteiger partial charge in [0.25, 0.3) is 5.91 Å². The average molecular weight is 438 g/mol. The van der Waals surface area contributed by atoms with Gasteiger partial charge >= 0.3 is 0 Å². The first-order chi connectivity index (χ1) is 14.9. The van der Waals surface area contributed by atoms with Crippen LogP contribution in [0.3, 0.4) is 0 Å². The number of guanidine groups is 1. The first-order valence-corrected chi connectivity index (χ1v) is 10.7. The van der Waals surface area contributed by atoms with Crippen molar-refractivity contribution in [3.63, 3.8) is 0 Å². The molecule has 0 saturated heterocycles. The minimum absolute atomic E-state index is 0.280. The van der Waals surface area contributed by atoms with Gasteiger partial charge in [0.1, 0.15) is 0 Å². The van der Waals surface area contributed by atoms with E-state index in [-0.39, 0.29) is 5.91 Å². The van der Waals surface area contributed by atoms with Gasteiger partial charge in [-0.25, -0.2) is 4.99 Å². The first-order valence-electron chi connectivity index (χ1n) is 10.3. The number of rotatable bonds is 6. The summed E-state index contributed by atoms with van der Waals surface area (Å²) in [5.74, 6) is 0.0961. The van der Waals surface area contributed by atoms with Crippen molar-refractivity contribution in [2.24, 2.45) is 4.99 Å². The molecule has 6 nitrogen and oxygen atoms in total. The van der Waals surface area contributed by atoms with Crippen molar-refractivity contribution in [1.82, 2.24) is 15.1 Å². The normalized spacial score (nSPS) is 11.5. The van der Waals surface area contributed by atoms with Crippen LogP contribution in [-0.2, 0) is 13.1 Å². The molecular formula is C24H28ClN5O. The maximum absolute atomic E-state index is 12.8. The van der Waals surface area contributed by atoms with E-state index in [4.69, 9.17) is 11.6 Å². The number of halogens is 1. The van der Waals surface area contributed by atoms with Gasteiger partial charge in [-0.05, 0) is 62.6 Å². The van der Waals surface area contributed by atoms with Crippen molar-refractivity contribution < 1.29 is 4.79 Å². The molecule has 1 heterocycles. The molecule has 1 amide bonds. The van der Waals surface area contributed by atoms with E-state index < -0.39 is 0 Å². The molecule has 31 heavy (non-hydrogen) atoms. The Labute approximate surface area is 188 Å². The second-order valence-electron chi connectivity index (χ2n) is 7.50. The Balaban J connectivity index is 1.86. The van der Waals surface area contributed by atoms with Crippen LogP contribution >= 0.6 is 11.6 Å². The van der Waals surface area contributed by atoms with Crippen molar-refractivity contribution >= 4 is 29.2 Å². The molecule has 0 atom stereocenters. The minimum Gasteiger partial charge on any atom is -0.326 e. The van der Waals surface area contributed by atoms with Crippen LogP contribution in [0.5, 0.6) is 0 Å². The highest BCUT2D eigenvalue weighted by Gasteiger charge is 2.12. The number of carbonyl (C=O) groups is 1. The maximum atomic E-state index is 12.8. The van der Waals surface area contributed by atoms with Gasteiger partial charge in [0.2, 0.25) is 5.96 Å². The Bertz CT molecular complexity index is 1100. The molecule has 7 heteroatoms. The summed E-state index contributed by atoms with van der Waals surface area (Å²) in [6, 6.07) is 12.8. The minimum atomic E-state index is -0.280. The van der Waals surface area contributed by atoms with Gasteiger partial charge in [0.15, 0.2) is 0 Å². The lowest BCUT2D eigenvalue weighted by atomic mass is 10.1. The van der Waals surface area contributed by atoms with Gasteiger partial charge in [-0.2, -0.15) is 5.10 Å². The molecule has 0 unspecified atom stereocenters. The number of carbonyl (C=O) groups excluding carboxylic acids is 1.